The number of nitrogens with zero attached hydrogens (tertiary/aromatic N) is 4. The van der Waals surface area contributed by atoms with E-state index in [0.717, 1.165) is 32.0 Å². The molecule has 2 saturated heterocycles. The van der Waals surface area contributed by atoms with E-state index in [1.807, 2.05) is 29.2 Å². The van der Waals surface area contributed by atoms with Crippen molar-refractivity contribution in [1.82, 2.24) is 19.6 Å². The minimum atomic E-state index is -0.114. The van der Waals surface area contributed by atoms with Crippen molar-refractivity contribution in [2.45, 2.75) is 53.0 Å². The number of hydrogen-bond donors (Lipinski definition) is 0. The molecule has 1 aromatic carbocycles. The number of hydrogen-bond acceptors (Lipinski definition) is 4. The molecular formula is C25H36N4O2. The SMILES string of the molecule is CC(C)Cn1nc(C(=O)N2CCCC(CN3CCC(C)CC3)C2)c2ccccc2c1=O. The van der Waals surface area contributed by atoms with E-state index in [2.05, 4.69) is 30.8 Å². The fourth-order valence-corrected chi connectivity index (χ4v) is 5.02. The van der Waals surface area contributed by atoms with Crippen LogP contribution in [0.15, 0.2) is 29.1 Å². The van der Waals surface area contributed by atoms with Crippen molar-refractivity contribution in [3.8, 4) is 0 Å². The summed E-state index contributed by atoms with van der Waals surface area (Å²) in [5, 5.41) is 5.82. The zero-order valence-corrected chi connectivity index (χ0v) is 19.2. The molecule has 0 aliphatic carbocycles. The molecule has 1 aromatic heterocycles. The molecule has 2 aromatic rings. The normalized spacial score (nSPS) is 21.2. The van der Waals surface area contributed by atoms with Crippen LogP contribution in [0.2, 0.25) is 0 Å². The molecule has 0 radical (unpaired) electrons. The molecule has 31 heavy (non-hydrogen) atoms. The Bertz CT molecular complexity index is 975. The highest BCUT2D eigenvalue weighted by molar-refractivity contribution is 6.04. The number of fused-ring (bicyclic) bond motifs is 1. The minimum Gasteiger partial charge on any atom is -0.337 e. The summed E-state index contributed by atoms with van der Waals surface area (Å²) in [6.07, 6.45) is 4.77. The summed E-state index contributed by atoms with van der Waals surface area (Å²) in [5.74, 6) is 1.59. The van der Waals surface area contributed by atoms with Gasteiger partial charge in [-0.25, -0.2) is 4.68 Å². The quantitative estimate of drug-likeness (QED) is 0.735. The lowest BCUT2D eigenvalue weighted by Crippen LogP contribution is -2.45. The number of carbonyl (C=O) groups is 1. The second kappa shape index (κ2) is 9.51. The van der Waals surface area contributed by atoms with Gasteiger partial charge in [0.2, 0.25) is 0 Å². The van der Waals surface area contributed by atoms with Crippen LogP contribution in [0.25, 0.3) is 10.8 Å². The fraction of sp³-hybridized carbons (Fsp3) is 0.640. The predicted molar refractivity (Wildman–Crippen MR) is 124 cm³/mol. The van der Waals surface area contributed by atoms with E-state index in [9.17, 15) is 9.59 Å². The van der Waals surface area contributed by atoms with Crippen molar-refractivity contribution >= 4 is 16.7 Å². The van der Waals surface area contributed by atoms with Crippen LogP contribution < -0.4 is 5.56 Å². The van der Waals surface area contributed by atoms with E-state index >= 15 is 0 Å². The van der Waals surface area contributed by atoms with Gasteiger partial charge >= 0.3 is 0 Å². The van der Waals surface area contributed by atoms with Crippen LogP contribution in [0.3, 0.4) is 0 Å². The van der Waals surface area contributed by atoms with Gasteiger partial charge in [-0.1, -0.05) is 39.0 Å². The molecule has 0 bridgehead atoms. The van der Waals surface area contributed by atoms with Crippen molar-refractivity contribution in [2.24, 2.45) is 17.8 Å². The van der Waals surface area contributed by atoms with Crippen LogP contribution in [0.4, 0.5) is 0 Å². The molecule has 1 amide bonds. The first-order valence-electron chi connectivity index (χ1n) is 11.9. The molecule has 2 fully saturated rings. The number of aromatic nitrogens is 2. The third-order valence-electron chi connectivity index (χ3n) is 6.81. The monoisotopic (exact) mass is 424 g/mol. The van der Waals surface area contributed by atoms with Crippen LogP contribution in [0.1, 0.15) is 56.9 Å². The molecule has 3 heterocycles. The minimum absolute atomic E-state index is 0.0364. The molecule has 0 saturated carbocycles. The van der Waals surface area contributed by atoms with E-state index in [1.54, 1.807) is 0 Å². The molecule has 0 spiro atoms. The van der Waals surface area contributed by atoms with Gasteiger partial charge in [0.15, 0.2) is 5.69 Å². The largest absolute Gasteiger partial charge is 0.337 e. The molecule has 2 aliphatic rings. The molecule has 0 N–H and O–H groups in total. The number of amides is 1. The lowest BCUT2D eigenvalue weighted by Gasteiger charge is -2.37. The van der Waals surface area contributed by atoms with Gasteiger partial charge in [-0.15, -0.1) is 0 Å². The van der Waals surface area contributed by atoms with Gasteiger partial charge in [-0.05, 0) is 62.6 Å². The fourth-order valence-electron chi connectivity index (χ4n) is 5.02. The summed E-state index contributed by atoms with van der Waals surface area (Å²) in [6, 6.07) is 7.40. The van der Waals surface area contributed by atoms with Crippen molar-refractivity contribution < 1.29 is 4.79 Å². The molecule has 6 nitrogen and oxygen atoms in total. The average Bonchev–Trinajstić information content (AvgIpc) is 2.77. The summed E-state index contributed by atoms with van der Waals surface area (Å²) in [6.45, 7) is 12.0. The van der Waals surface area contributed by atoms with Gasteiger partial charge < -0.3 is 9.80 Å². The molecule has 6 heteroatoms. The zero-order valence-electron chi connectivity index (χ0n) is 19.2. The molecule has 168 valence electrons. The van der Waals surface area contributed by atoms with Gasteiger partial charge in [0.25, 0.3) is 11.5 Å². The Morgan fingerprint density at radius 2 is 1.81 bits per heavy atom. The summed E-state index contributed by atoms with van der Waals surface area (Å²) in [7, 11) is 0. The van der Waals surface area contributed by atoms with Crippen molar-refractivity contribution in [3.63, 3.8) is 0 Å². The highest BCUT2D eigenvalue weighted by Gasteiger charge is 2.29. The zero-order chi connectivity index (χ0) is 22.0. The second-order valence-electron chi connectivity index (χ2n) is 10.0. The standard InChI is InChI=1S/C25H36N4O2/c1-18(2)15-29-24(30)22-9-5-4-8-21(22)23(26-29)25(31)28-12-6-7-20(17-28)16-27-13-10-19(3)11-14-27/h4-5,8-9,18-20H,6-7,10-17H2,1-3H3. The smallest absolute Gasteiger partial charge is 0.274 e. The Morgan fingerprint density at radius 1 is 1.10 bits per heavy atom. The first-order valence-corrected chi connectivity index (χ1v) is 11.9. The van der Waals surface area contributed by atoms with Gasteiger partial charge in [-0.3, -0.25) is 9.59 Å². The Labute approximate surface area is 185 Å². The predicted octanol–water partition coefficient (Wildman–Crippen LogP) is 3.64. The number of piperidine rings is 2. The van der Waals surface area contributed by atoms with E-state index in [4.69, 9.17) is 0 Å². The van der Waals surface area contributed by atoms with E-state index in [1.165, 1.54) is 37.0 Å². The molecule has 1 atom stereocenters. The third-order valence-corrected chi connectivity index (χ3v) is 6.81. The number of likely N-dealkylation sites (tertiary alicyclic amines) is 2. The Morgan fingerprint density at radius 3 is 2.52 bits per heavy atom. The highest BCUT2D eigenvalue weighted by Crippen LogP contribution is 2.24. The number of benzene rings is 1. The molecule has 2 aliphatic heterocycles. The Balaban J connectivity index is 1.55. The van der Waals surface area contributed by atoms with Crippen molar-refractivity contribution in [1.29, 1.82) is 0 Å². The lowest BCUT2D eigenvalue weighted by molar-refractivity contribution is 0.0616. The number of rotatable bonds is 5. The molecule has 4 rings (SSSR count). The summed E-state index contributed by atoms with van der Waals surface area (Å²) in [5.41, 5.74) is 0.306. The first kappa shape index (κ1) is 22.0. The van der Waals surface area contributed by atoms with E-state index in [-0.39, 0.29) is 17.4 Å². The van der Waals surface area contributed by atoms with Crippen molar-refractivity contribution in [2.75, 3.05) is 32.7 Å². The molecule has 1 unspecified atom stereocenters. The molecular weight excluding hydrogens is 388 g/mol. The van der Waals surface area contributed by atoms with Gasteiger partial charge in [0.1, 0.15) is 0 Å². The van der Waals surface area contributed by atoms with E-state index in [0.29, 0.717) is 28.9 Å². The lowest BCUT2D eigenvalue weighted by atomic mass is 9.94. The van der Waals surface area contributed by atoms with Crippen LogP contribution in [-0.2, 0) is 6.54 Å². The van der Waals surface area contributed by atoms with Crippen LogP contribution in [-0.4, -0.2) is 58.2 Å². The number of carbonyl (C=O) groups excluding carboxylic acids is 1. The topological polar surface area (TPSA) is 58.4 Å². The maximum Gasteiger partial charge on any atom is 0.274 e. The van der Waals surface area contributed by atoms with E-state index < -0.39 is 0 Å². The Kier molecular flexibility index (Phi) is 6.75. The average molecular weight is 425 g/mol. The van der Waals surface area contributed by atoms with Crippen LogP contribution >= 0.6 is 0 Å². The summed E-state index contributed by atoms with van der Waals surface area (Å²) >= 11 is 0. The van der Waals surface area contributed by atoms with Gasteiger partial charge in [0.05, 0.1) is 5.39 Å². The maximum absolute atomic E-state index is 13.6. The second-order valence-corrected chi connectivity index (χ2v) is 10.0. The highest BCUT2D eigenvalue weighted by atomic mass is 16.2. The first-order chi connectivity index (χ1) is 14.9. The maximum atomic E-state index is 13.6. The van der Waals surface area contributed by atoms with Crippen molar-refractivity contribution in [3.05, 3.63) is 40.3 Å². The van der Waals surface area contributed by atoms with Crippen LogP contribution in [0, 0.1) is 17.8 Å². The Hall–Kier alpha value is -2.21. The summed E-state index contributed by atoms with van der Waals surface area (Å²) < 4.78 is 1.48. The van der Waals surface area contributed by atoms with Gasteiger partial charge in [-0.2, -0.15) is 5.10 Å². The summed E-state index contributed by atoms with van der Waals surface area (Å²) in [4.78, 5) is 31.0. The van der Waals surface area contributed by atoms with Crippen LogP contribution in [0.5, 0.6) is 0 Å². The third kappa shape index (κ3) is 5.00. The van der Waals surface area contributed by atoms with Gasteiger partial charge in [0, 0.05) is 31.6 Å².